The van der Waals surface area contributed by atoms with E-state index in [0.717, 1.165) is 25.9 Å². The van der Waals surface area contributed by atoms with E-state index in [4.69, 9.17) is 5.11 Å². The molecular weight excluding hydrogens is 200 g/mol. The predicted molar refractivity (Wildman–Crippen MR) is 68.7 cm³/mol. The smallest absolute Gasteiger partial charge is 0.0431 e. The summed E-state index contributed by atoms with van der Waals surface area (Å²) in [4.78, 5) is 2.38. The predicted octanol–water partition coefficient (Wildman–Crippen LogP) is 1.61. The molecule has 3 heteroatoms. The second-order valence-electron chi connectivity index (χ2n) is 5.29. The van der Waals surface area contributed by atoms with E-state index in [0.29, 0.717) is 12.1 Å². The summed E-state index contributed by atoms with van der Waals surface area (Å²) in [5.74, 6) is 0. The molecule has 0 atom stereocenters. The molecular formula is C13H28N2O. The Morgan fingerprint density at radius 3 is 2.31 bits per heavy atom. The summed E-state index contributed by atoms with van der Waals surface area (Å²) in [6.45, 7) is 2.61. The number of hydrogen-bond donors (Lipinski definition) is 2. The summed E-state index contributed by atoms with van der Waals surface area (Å²) in [7, 11) is 4.39. The Balaban J connectivity index is 1.98. The van der Waals surface area contributed by atoms with Gasteiger partial charge in [0.25, 0.3) is 0 Å². The number of aliphatic hydroxyl groups is 1. The van der Waals surface area contributed by atoms with Crippen molar-refractivity contribution < 1.29 is 5.11 Å². The van der Waals surface area contributed by atoms with Gasteiger partial charge in [0.2, 0.25) is 0 Å². The molecule has 0 aromatic carbocycles. The molecule has 0 spiro atoms. The Morgan fingerprint density at radius 1 is 1.12 bits per heavy atom. The zero-order valence-electron chi connectivity index (χ0n) is 11.0. The minimum absolute atomic E-state index is 0.344. The van der Waals surface area contributed by atoms with E-state index in [1.54, 1.807) is 0 Å². The van der Waals surface area contributed by atoms with E-state index in [9.17, 15) is 0 Å². The number of rotatable bonds is 9. The van der Waals surface area contributed by atoms with E-state index in [1.807, 2.05) is 0 Å². The van der Waals surface area contributed by atoms with Gasteiger partial charge in [-0.05, 0) is 52.7 Å². The molecule has 96 valence electrons. The second-order valence-corrected chi connectivity index (χ2v) is 5.29. The maximum Gasteiger partial charge on any atom is 0.0431 e. The van der Waals surface area contributed by atoms with Gasteiger partial charge in [0, 0.05) is 18.7 Å². The molecule has 0 radical (unpaired) electrons. The molecule has 2 N–H and O–H groups in total. The fraction of sp³-hybridized carbons (Fsp3) is 1.00. The monoisotopic (exact) mass is 228 g/mol. The quantitative estimate of drug-likeness (QED) is 0.589. The Labute approximate surface area is 100 Å². The normalized spacial score (nSPS) is 18.8. The van der Waals surface area contributed by atoms with Crippen LogP contribution in [0.25, 0.3) is 0 Å². The number of likely N-dealkylation sites (N-methyl/N-ethyl adjacent to an activating group) is 1. The van der Waals surface area contributed by atoms with Gasteiger partial charge in [0.05, 0.1) is 0 Å². The molecule has 1 aliphatic rings. The van der Waals surface area contributed by atoms with E-state index in [-0.39, 0.29) is 0 Å². The van der Waals surface area contributed by atoms with Crippen LogP contribution in [0.3, 0.4) is 0 Å². The average Bonchev–Trinajstić information content (AvgIpc) is 2.19. The standard InChI is InChI=1S/C13H28N2O/c1-15(2)13(8-7-9-13)12-14-10-5-3-4-6-11-16/h14,16H,3-12H2,1-2H3. The molecule has 1 aliphatic carbocycles. The maximum atomic E-state index is 8.66. The van der Waals surface area contributed by atoms with Crippen LogP contribution in [0.4, 0.5) is 0 Å². The Bertz CT molecular complexity index is 179. The maximum absolute atomic E-state index is 8.66. The van der Waals surface area contributed by atoms with Gasteiger partial charge in [-0.25, -0.2) is 0 Å². The topological polar surface area (TPSA) is 35.5 Å². The first-order valence-electron chi connectivity index (χ1n) is 6.70. The first-order chi connectivity index (χ1) is 7.71. The molecule has 0 unspecified atom stereocenters. The van der Waals surface area contributed by atoms with Gasteiger partial charge >= 0.3 is 0 Å². The third kappa shape index (κ3) is 4.04. The van der Waals surface area contributed by atoms with Crippen LogP contribution in [0.1, 0.15) is 44.9 Å². The zero-order valence-corrected chi connectivity index (χ0v) is 11.0. The molecule has 0 amide bonds. The number of unbranched alkanes of at least 4 members (excludes halogenated alkanes) is 3. The average molecular weight is 228 g/mol. The minimum atomic E-state index is 0.344. The van der Waals surface area contributed by atoms with Crippen LogP contribution in [-0.2, 0) is 0 Å². The van der Waals surface area contributed by atoms with Gasteiger partial charge in [-0.2, -0.15) is 0 Å². The number of aliphatic hydroxyl groups excluding tert-OH is 1. The first kappa shape index (κ1) is 13.9. The second kappa shape index (κ2) is 7.25. The SMILES string of the molecule is CN(C)C1(CNCCCCCCO)CCC1. The van der Waals surface area contributed by atoms with Gasteiger partial charge in [0.15, 0.2) is 0 Å². The van der Waals surface area contributed by atoms with E-state index in [1.165, 1.54) is 32.1 Å². The molecule has 0 bridgehead atoms. The zero-order chi connectivity index (χ0) is 11.9. The van der Waals surface area contributed by atoms with Gasteiger partial charge in [-0.15, -0.1) is 0 Å². The summed E-state index contributed by atoms with van der Waals surface area (Å²) in [6, 6.07) is 0. The lowest BCUT2D eigenvalue weighted by Crippen LogP contribution is -2.56. The number of hydrogen-bond acceptors (Lipinski definition) is 3. The lowest BCUT2D eigenvalue weighted by atomic mass is 9.75. The van der Waals surface area contributed by atoms with Crippen molar-refractivity contribution in [1.82, 2.24) is 10.2 Å². The van der Waals surface area contributed by atoms with Crippen molar-refractivity contribution in [3.05, 3.63) is 0 Å². The van der Waals surface area contributed by atoms with Crippen molar-refractivity contribution in [2.75, 3.05) is 33.8 Å². The van der Waals surface area contributed by atoms with Crippen LogP contribution in [0, 0.1) is 0 Å². The summed E-state index contributed by atoms with van der Waals surface area (Å²) in [6.07, 6.45) is 8.68. The van der Waals surface area contributed by atoms with Crippen molar-refractivity contribution in [3.63, 3.8) is 0 Å². The van der Waals surface area contributed by atoms with Crippen LogP contribution < -0.4 is 5.32 Å². The van der Waals surface area contributed by atoms with Crippen LogP contribution in [0.15, 0.2) is 0 Å². The summed E-state index contributed by atoms with van der Waals surface area (Å²) in [5, 5.41) is 12.2. The summed E-state index contributed by atoms with van der Waals surface area (Å²) in [5.41, 5.74) is 0.450. The van der Waals surface area contributed by atoms with Crippen LogP contribution in [0.2, 0.25) is 0 Å². The molecule has 16 heavy (non-hydrogen) atoms. The van der Waals surface area contributed by atoms with E-state index < -0.39 is 0 Å². The Hall–Kier alpha value is -0.120. The van der Waals surface area contributed by atoms with Crippen molar-refractivity contribution >= 4 is 0 Å². The Morgan fingerprint density at radius 2 is 1.81 bits per heavy atom. The largest absolute Gasteiger partial charge is 0.396 e. The molecule has 3 nitrogen and oxygen atoms in total. The highest BCUT2D eigenvalue weighted by atomic mass is 16.2. The van der Waals surface area contributed by atoms with Crippen LogP contribution in [-0.4, -0.2) is 49.3 Å². The molecule has 1 saturated carbocycles. The van der Waals surface area contributed by atoms with Gasteiger partial charge in [-0.1, -0.05) is 12.8 Å². The molecule has 0 aromatic rings. The molecule has 0 aliphatic heterocycles. The number of nitrogens with zero attached hydrogens (tertiary/aromatic N) is 1. The molecule has 0 heterocycles. The molecule has 0 saturated heterocycles. The highest BCUT2D eigenvalue weighted by Gasteiger charge is 2.38. The lowest BCUT2D eigenvalue weighted by Gasteiger charge is -2.47. The van der Waals surface area contributed by atoms with Crippen molar-refractivity contribution in [3.8, 4) is 0 Å². The van der Waals surface area contributed by atoms with E-state index in [2.05, 4.69) is 24.3 Å². The van der Waals surface area contributed by atoms with Crippen molar-refractivity contribution in [1.29, 1.82) is 0 Å². The molecule has 1 rings (SSSR count). The van der Waals surface area contributed by atoms with Gasteiger partial charge in [0.1, 0.15) is 0 Å². The van der Waals surface area contributed by atoms with Crippen molar-refractivity contribution in [2.45, 2.75) is 50.5 Å². The Kier molecular flexibility index (Phi) is 6.32. The fourth-order valence-corrected chi connectivity index (χ4v) is 2.40. The first-order valence-corrected chi connectivity index (χ1v) is 6.70. The van der Waals surface area contributed by atoms with Gasteiger partial charge < -0.3 is 15.3 Å². The summed E-state index contributed by atoms with van der Waals surface area (Å²) >= 11 is 0. The van der Waals surface area contributed by atoms with E-state index >= 15 is 0 Å². The highest BCUT2D eigenvalue weighted by molar-refractivity contribution is 4.97. The van der Waals surface area contributed by atoms with Crippen LogP contribution in [0.5, 0.6) is 0 Å². The van der Waals surface area contributed by atoms with Gasteiger partial charge in [-0.3, -0.25) is 0 Å². The summed E-state index contributed by atoms with van der Waals surface area (Å²) < 4.78 is 0. The third-order valence-corrected chi connectivity index (χ3v) is 3.95. The minimum Gasteiger partial charge on any atom is -0.396 e. The molecule has 1 fully saturated rings. The highest BCUT2D eigenvalue weighted by Crippen LogP contribution is 2.35. The fourth-order valence-electron chi connectivity index (χ4n) is 2.40. The lowest BCUT2D eigenvalue weighted by molar-refractivity contribution is 0.0602. The molecule has 0 aromatic heterocycles. The van der Waals surface area contributed by atoms with Crippen molar-refractivity contribution in [2.24, 2.45) is 0 Å². The van der Waals surface area contributed by atoms with Crippen LogP contribution >= 0.6 is 0 Å². The number of nitrogens with one attached hydrogen (secondary N) is 1. The third-order valence-electron chi connectivity index (χ3n) is 3.95.